The molecule has 2 heterocycles. The van der Waals surface area contributed by atoms with Crippen molar-refractivity contribution in [3.8, 4) is 0 Å². The molecular formula is C10H11BrClNO4S2. The van der Waals surface area contributed by atoms with Gasteiger partial charge in [0.25, 0.3) is 10.0 Å². The van der Waals surface area contributed by atoms with Gasteiger partial charge in [-0.2, -0.15) is 4.31 Å². The van der Waals surface area contributed by atoms with E-state index in [4.69, 9.17) is 16.7 Å². The zero-order valence-corrected chi connectivity index (χ0v) is 13.6. The number of aliphatic carboxylic acids is 1. The van der Waals surface area contributed by atoms with Crippen LogP contribution in [0, 0.1) is 5.92 Å². The summed E-state index contributed by atoms with van der Waals surface area (Å²) in [5.41, 5.74) is 0. The number of carboxylic acids is 1. The second-order valence-corrected chi connectivity index (χ2v) is 9.24. The van der Waals surface area contributed by atoms with E-state index in [9.17, 15) is 13.2 Å². The van der Waals surface area contributed by atoms with Gasteiger partial charge < -0.3 is 5.11 Å². The summed E-state index contributed by atoms with van der Waals surface area (Å²) in [7, 11) is -3.56. The van der Waals surface area contributed by atoms with Crippen molar-refractivity contribution in [3.63, 3.8) is 0 Å². The lowest BCUT2D eigenvalue weighted by atomic mass is 10.1. The molecule has 1 aromatic rings. The molecule has 0 bridgehead atoms. The van der Waals surface area contributed by atoms with Crippen molar-refractivity contribution in [1.29, 1.82) is 0 Å². The van der Waals surface area contributed by atoms with Crippen molar-refractivity contribution in [2.75, 3.05) is 13.1 Å². The average molecular weight is 389 g/mol. The normalized spacial score (nSPS) is 20.8. The topological polar surface area (TPSA) is 74.7 Å². The fraction of sp³-hybridized carbons (Fsp3) is 0.500. The number of carboxylic acid groups (broad SMARTS) is 1. The number of hydrogen-bond acceptors (Lipinski definition) is 4. The summed E-state index contributed by atoms with van der Waals surface area (Å²) in [4.78, 5) is 10.6. The van der Waals surface area contributed by atoms with Crippen LogP contribution in [-0.2, 0) is 14.8 Å². The first-order valence-electron chi connectivity index (χ1n) is 5.47. The molecule has 0 amide bonds. The fourth-order valence-electron chi connectivity index (χ4n) is 2.01. The molecule has 0 radical (unpaired) electrons. The second kappa shape index (κ2) is 5.69. The van der Waals surface area contributed by atoms with Crippen LogP contribution in [0.3, 0.4) is 0 Å². The predicted octanol–water partition coefficient (Wildman–Crippen LogP) is 2.65. The van der Waals surface area contributed by atoms with E-state index in [0.717, 1.165) is 11.3 Å². The largest absolute Gasteiger partial charge is 0.481 e. The van der Waals surface area contributed by atoms with Gasteiger partial charge in [-0.3, -0.25) is 4.79 Å². The molecule has 1 aliphatic rings. The highest BCUT2D eigenvalue weighted by atomic mass is 79.9. The van der Waals surface area contributed by atoms with E-state index >= 15 is 0 Å². The highest BCUT2D eigenvalue weighted by Gasteiger charge is 2.34. The number of sulfonamides is 1. The van der Waals surface area contributed by atoms with Crippen LogP contribution in [0.2, 0.25) is 5.02 Å². The molecule has 1 unspecified atom stereocenters. The van der Waals surface area contributed by atoms with Crippen LogP contribution in [0.5, 0.6) is 0 Å². The van der Waals surface area contributed by atoms with Crippen LogP contribution in [-0.4, -0.2) is 36.9 Å². The smallest absolute Gasteiger partial charge is 0.303 e. The lowest BCUT2D eigenvalue weighted by Crippen LogP contribution is -2.28. The maximum absolute atomic E-state index is 12.3. The van der Waals surface area contributed by atoms with Crippen LogP contribution in [0.1, 0.15) is 12.8 Å². The Kier molecular flexibility index (Phi) is 4.56. The van der Waals surface area contributed by atoms with Crippen molar-refractivity contribution in [1.82, 2.24) is 4.31 Å². The quantitative estimate of drug-likeness (QED) is 0.860. The molecule has 0 spiro atoms. The molecule has 2 rings (SSSR count). The molecular weight excluding hydrogens is 378 g/mol. The number of nitrogens with zero attached hydrogens (tertiary/aromatic N) is 1. The van der Waals surface area contributed by atoms with Crippen LogP contribution >= 0.6 is 38.9 Å². The van der Waals surface area contributed by atoms with Gasteiger partial charge in [0.2, 0.25) is 0 Å². The molecule has 1 N–H and O–H groups in total. The lowest BCUT2D eigenvalue weighted by molar-refractivity contribution is -0.137. The third kappa shape index (κ3) is 3.30. The first-order valence-corrected chi connectivity index (χ1v) is 8.90. The minimum Gasteiger partial charge on any atom is -0.481 e. The molecule has 1 saturated heterocycles. The summed E-state index contributed by atoms with van der Waals surface area (Å²) in [6.07, 6.45) is 0.576. The van der Waals surface area contributed by atoms with Crippen molar-refractivity contribution in [3.05, 3.63) is 14.9 Å². The van der Waals surface area contributed by atoms with Crippen LogP contribution in [0.4, 0.5) is 0 Å². The van der Waals surface area contributed by atoms with E-state index in [1.807, 2.05) is 0 Å². The average Bonchev–Trinajstić information content (AvgIpc) is 2.87. The van der Waals surface area contributed by atoms with Crippen LogP contribution < -0.4 is 0 Å². The van der Waals surface area contributed by atoms with E-state index < -0.39 is 16.0 Å². The molecule has 1 atom stereocenters. The summed E-state index contributed by atoms with van der Waals surface area (Å²) in [5, 5.41) is 9.10. The Morgan fingerprint density at radius 2 is 2.32 bits per heavy atom. The van der Waals surface area contributed by atoms with Crippen LogP contribution in [0.25, 0.3) is 0 Å². The Hall–Kier alpha value is -0.150. The lowest BCUT2D eigenvalue weighted by Gasteiger charge is -2.14. The second-order valence-electron chi connectivity index (χ2n) is 4.30. The standard InChI is InChI=1S/C10H11BrClNO4S2/c11-10-7(12)4-9(18-10)19(16,17)13-2-1-6(5-13)3-8(14)15/h4,6H,1-3,5H2,(H,14,15). The van der Waals surface area contributed by atoms with Gasteiger partial charge in [0.05, 0.1) is 8.81 Å². The molecule has 5 nitrogen and oxygen atoms in total. The third-order valence-corrected chi connectivity index (χ3v) is 7.72. The summed E-state index contributed by atoms with van der Waals surface area (Å²) in [6.45, 7) is 0.606. The van der Waals surface area contributed by atoms with Gasteiger partial charge in [-0.15, -0.1) is 11.3 Å². The van der Waals surface area contributed by atoms with Gasteiger partial charge in [0, 0.05) is 19.5 Å². The Balaban J connectivity index is 2.16. The van der Waals surface area contributed by atoms with E-state index in [1.165, 1.54) is 10.4 Å². The molecule has 0 saturated carbocycles. The third-order valence-electron chi connectivity index (χ3n) is 2.93. The highest BCUT2D eigenvalue weighted by Crippen LogP contribution is 2.37. The van der Waals surface area contributed by atoms with Crippen molar-refractivity contribution in [2.45, 2.75) is 17.1 Å². The Bertz CT molecular complexity index is 581. The predicted molar refractivity (Wildman–Crippen MR) is 76.1 cm³/mol. The first-order chi connectivity index (χ1) is 8.80. The van der Waals surface area contributed by atoms with Crippen LogP contribution in [0.15, 0.2) is 14.1 Å². The van der Waals surface area contributed by atoms with Gasteiger partial charge in [-0.05, 0) is 34.3 Å². The summed E-state index contributed by atoms with van der Waals surface area (Å²) in [6, 6.07) is 1.41. The van der Waals surface area contributed by atoms with E-state index in [0.29, 0.717) is 21.8 Å². The van der Waals surface area contributed by atoms with Gasteiger partial charge in [-0.1, -0.05) is 11.6 Å². The minimum atomic E-state index is -3.56. The molecule has 9 heteroatoms. The highest BCUT2D eigenvalue weighted by molar-refractivity contribution is 9.11. The molecule has 1 aliphatic heterocycles. The number of carbonyl (C=O) groups is 1. The monoisotopic (exact) mass is 387 g/mol. The maximum atomic E-state index is 12.3. The Morgan fingerprint density at radius 1 is 1.63 bits per heavy atom. The van der Waals surface area contributed by atoms with E-state index in [1.54, 1.807) is 0 Å². The molecule has 0 aromatic carbocycles. The van der Waals surface area contributed by atoms with Gasteiger partial charge in [0.1, 0.15) is 4.21 Å². The molecule has 1 fully saturated rings. The maximum Gasteiger partial charge on any atom is 0.303 e. The number of hydrogen-bond donors (Lipinski definition) is 1. The van der Waals surface area contributed by atoms with Gasteiger partial charge >= 0.3 is 5.97 Å². The van der Waals surface area contributed by atoms with Gasteiger partial charge in [0.15, 0.2) is 0 Å². The zero-order chi connectivity index (χ0) is 14.2. The Labute approximate surface area is 128 Å². The number of rotatable bonds is 4. The fourth-order valence-corrected chi connectivity index (χ4v) is 6.09. The molecule has 106 valence electrons. The van der Waals surface area contributed by atoms with Crippen molar-refractivity contribution in [2.24, 2.45) is 5.92 Å². The minimum absolute atomic E-state index is 0.000904. The molecule has 0 aliphatic carbocycles. The summed E-state index contributed by atoms with van der Waals surface area (Å²) < 4.78 is 26.8. The van der Waals surface area contributed by atoms with Crippen molar-refractivity contribution < 1.29 is 18.3 Å². The zero-order valence-electron chi connectivity index (χ0n) is 9.67. The first kappa shape index (κ1) is 15.2. The summed E-state index contributed by atoms with van der Waals surface area (Å²) in [5.74, 6) is -1.02. The van der Waals surface area contributed by atoms with E-state index in [2.05, 4.69) is 15.9 Å². The molecule has 19 heavy (non-hydrogen) atoms. The summed E-state index contributed by atoms with van der Waals surface area (Å²) >= 11 is 10.1. The molecule has 1 aromatic heterocycles. The number of halogens is 2. The SMILES string of the molecule is O=C(O)CC1CCN(S(=O)(=O)c2cc(Cl)c(Br)s2)C1. The number of thiophene rings is 1. The Morgan fingerprint density at radius 3 is 2.84 bits per heavy atom. The van der Waals surface area contributed by atoms with E-state index in [-0.39, 0.29) is 23.1 Å². The van der Waals surface area contributed by atoms with Crippen molar-refractivity contribution >= 4 is 54.9 Å². The van der Waals surface area contributed by atoms with Gasteiger partial charge in [-0.25, -0.2) is 8.42 Å².